The van der Waals surface area contributed by atoms with E-state index >= 15 is 0 Å². The van der Waals surface area contributed by atoms with Crippen LogP contribution < -0.4 is 5.32 Å². The van der Waals surface area contributed by atoms with Gasteiger partial charge in [-0.05, 0) is 47.9 Å². The molecular weight excluding hydrogens is 270 g/mol. The Kier molecular flexibility index (Phi) is 4.49. The molecule has 6 rings (SSSR count). The monoisotopic (exact) mass is 295 g/mol. The second-order valence-corrected chi connectivity index (χ2v) is 6.56. The van der Waals surface area contributed by atoms with Crippen LogP contribution in [-0.4, -0.2) is 11.1 Å². The Morgan fingerprint density at radius 1 is 0.864 bits per heavy atom. The molecule has 4 aliphatic rings. The van der Waals surface area contributed by atoms with Crippen molar-refractivity contribution in [1.82, 2.24) is 5.32 Å². The van der Waals surface area contributed by atoms with E-state index in [1.165, 1.54) is 16.7 Å². The lowest BCUT2D eigenvalue weighted by atomic mass is 9.92. The molecule has 116 valence electrons. The standard InChI is InChI=1S/C20H25NO/c1-14(2)21-13-19-17-9-7-15-3-5-16(6-4-15)8-10-18(12-11-17)20(19)22/h3-6,11-12,14,21-22H,7-10,13H2,1-2H3. The van der Waals surface area contributed by atoms with E-state index in [1.54, 1.807) is 0 Å². The van der Waals surface area contributed by atoms with Crippen LogP contribution in [0.1, 0.15) is 41.7 Å². The van der Waals surface area contributed by atoms with Crippen molar-refractivity contribution < 1.29 is 5.11 Å². The van der Waals surface area contributed by atoms with Crippen LogP contribution in [0.25, 0.3) is 0 Å². The first-order valence-corrected chi connectivity index (χ1v) is 8.27. The molecule has 0 saturated carbocycles. The summed E-state index contributed by atoms with van der Waals surface area (Å²) in [6.07, 6.45) is 3.86. The van der Waals surface area contributed by atoms with Crippen molar-refractivity contribution in [2.75, 3.05) is 0 Å². The van der Waals surface area contributed by atoms with Gasteiger partial charge in [-0.1, -0.05) is 50.2 Å². The Balaban J connectivity index is 1.96. The van der Waals surface area contributed by atoms with Gasteiger partial charge in [-0.3, -0.25) is 0 Å². The fraction of sp³-hybridized carbons (Fsp3) is 0.400. The molecule has 0 spiro atoms. The molecule has 2 nitrogen and oxygen atoms in total. The molecule has 2 aromatic carbocycles. The summed E-state index contributed by atoms with van der Waals surface area (Å²) in [4.78, 5) is 0. The van der Waals surface area contributed by atoms with Gasteiger partial charge in [0.1, 0.15) is 5.75 Å². The summed E-state index contributed by atoms with van der Waals surface area (Å²) in [7, 11) is 0. The maximum absolute atomic E-state index is 10.7. The Labute approximate surface area is 133 Å². The minimum atomic E-state index is 0.418. The SMILES string of the molecule is CC(C)NCc1c2ccc(c1O)CCc1ccc(cc1)CC2. The predicted molar refractivity (Wildman–Crippen MR) is 91.3 cm³/mol. The van der Waals surface area contributed by atoms with Crippen molar-refractivity contribution in [3.05, 3.63) is 64.2 Å². The highest BCUT2D eigenvalue weighted by Gasteiger charge is 2.14. The molecule has 0 fully saturated rings. The number of rotatable bonds is 3. The van der Waals surface area contributed by atoms with Gasteiger partial charge in [-0.15, -0.1) is 0 Å². The van der Waals surface area contributed by atoms with Crippen LogP contribution in [0.2, 0.25) is 0 Å². The lowest BCUT2D eigenvalue weighted by Crippen LogP contribution is -2.23. The first-order chi connectivity index (χ1) is 10.6. The van der Waals surface area contributed by atoms with Crippen molar-refractivity contribution in [1.29, 1.82) is 0 Å². The smallest absolute Gasteiger partial charge is 0.123 e. The van der Waals surface area contributed by atoms with Crippen LogP contribution in [0.5, 0.6) is 5.75 Å². The topological polar surface area (TPSA) is 32.3 Å². The van der Waals surface area contributed by atoms with Crippen LogP contribution in [0.15, 0.2) is 36.4 Å². The molecule has 2 N–H and O–H groups in total. The quantitative estimate of drug-likeness (QED) is 0.903. The normalized spacial score (nSPS) is 14.1. The van der Waals surface area contributed by atoms with E-state index in [4.69, 9.17) is 0 Å². The summed E-state index contributed by atoms with van der Waals surface area (Å²) >= 11 is 0. The number of phenolic OH excluding ortho intramolecular Hbond substituents is 1. The molecule has 0 saturated heterocycles. The van der Waals surface area contributed by atoms with E-state index in [2.05, 4.69) is 55.6 Å². The molecule has 0 radical (unpaired) electrons. The second-order valence-electron chi connectivity index (χ2n) is 6.56. The molecule has 0 aliphatic heterocycles. The second kappa shape index (κ2) is 6.53. The van der Waals surface area contributed by atoms with Gasteiger partial charge in [0.05, 0.1) is 0 Å². The van der Waals surface area contributed by atoms with Crippen molar-refractivity contribution in [2.45, 2.75) is 52.1 Å². The molecule has 2 aromatic rings. The molecule has 4 bridgehead atoms. The Bertz CT molecular complexity index is 644. The minimum Gasteiger partial charge on any atom is -0.507 e. The average molecular weight is 295 g/mol. The van der Waals surface area contributed by atoms with Crippen molar-refractivity contribution in [3.63, 3.8) is 0 Å². The maximum atomic E-state index is 10.7. The lowest BCUT2D eigenvalue weighted by molar-refractivity contribution is 0.452. The highest BCUT2D eigenvalue weighted by atomic mass is 16.3. The Morgan fingerprint density at radius 3 is 2.00 bits per heavy atom. The number of hydrogen-bond acceptors (Lipinski definition) is 2. The van der Waals surface area contributed by atoms with Gasteiger partial charge in [0.15, 0.2) is 0 Å². The van der Waals surface area contributed by atoms with Gasteiger partial charge in [-0.25, -0.2) is 0 Å². The van der Waals surface area contributed by atoms with Gasteiger partial charge >= 0.3 is 0 Å². The van der Waals surface area contributed by atoms with Crippen LogP contribution >= 0.6 is 0 Å². The van der Waals surface area contributed by atoms with E-state index < -0.39 is 0 Å². The number of phenols is 1. The third-order valence-corrected chi connectivity index (χ3v) is 4.54. The van der Waals surface area contributed by atoms with Crippen molar-refractivity contribution >= 4 is 0 Å². The zero-order valence-electron chi connectivity index (χ0n) is 13.5. The van der Waals surface area contributed by atoms with E-state index in [-0.39, 0.29) is 0 Å². The van der Waals surface area contributed by atoms with Gasteiger partial charge in [0, 0.05) is 18.2 Å². The van der Waals surface area contributed by atoms with Crippen LogP contribution in [0.3, 0.4) is 0 Å². The molecule has 0 amide bonds. The largest absolute Gasteiger partial charge is 0.507 e. The maximum Gasteiger partial charge on any atom is 0.123 e. The van der Waals surface area contributed by atoms with Crippen molar-refractivity contribution in [2.24, 2.45) is 0 Å². The summed E-state index contributed by atoms with van der Waals surface area (Å²) < 4.78 is 0. The number of aromatic hydroxyl groups is 1. The van der Waals surface area contributed by atoms with Gasteiger partial charge in [-0.2, -0.15) is 0 Å². The van der Waals surface area contributed by atoms with Crippen molar-refractivity contribution in [3.8, 4) is 5.75 Å². The molecule has 2 heteroatoms. The highest BCUT2D eigenvalue weighted by Crippen LogP contribution is 2.29. The molecule has 22 heavy (non-hydrogen) atoms. The van der Waals surface area contributed by atoms with Crippen LogP contribution in [0.4, 0.5) is 0 Å². The molecule has 0 atom stereocenters. The third kappa shape index (κ3) is 3.33. The zero-order chi connectivity index (χ0) is 15.5. The molecule has 0 heterocycles. The van der Waals surface area contributed by atoms with E-state index in [0.29, 0.717) is 11.8 Å². The summed E-state index contributed by atoms with van der Waals surface area (Å²) in [6, 6.07) is 13.7. The number of aryl methyl sites for hydroxylation is 4. The van der Waals surface area contributed by atoms with Crippen LogP contribution in [0, 0.1) is 0 Å². The molecule has 4 aliphatic carbocycles. The number of nitrogens with one attached hydrogen (secondary N) is 1. The summed E-state index contributed by atoms with van der Waals surface area (Å²) in [6.45, 7) is 5.02. The van der Waals surface area contributed by atoms with Gasteiger partial charge < -0.3 is 10.4 Å². The van der Waals surface area contributed by atoms with E-state index in [0.717, 1.165) is 43.4 Å². The molecule has 0 unspecified atom stereocenters. The average Bonchev–Trinajstić information content (AvgIpc) is 2.49. The summed E-state index contributed by atoms with van der Waals surface area (Å²) in [5.41, 5.74) is 6.12. The fourth-order valence-electron chi connectivity index (χ4n) is 3.10. The van der Waals surface area contributed by atoms with E-state index in [9.17, 15) is 5.11 Å². The Hall–Kier alpha value is -1.80. The fourth-order valence-corrected chi connectivity index (χ4v) is 3.10. The lowest BCUT2D eigenvalue weighted by Gasteiger charge is -2.18. The summed E-state index contributed by atoms with van der Waals surface area (Å²) in [5, 5.41) is 14.2. The first kappa shape index (κ1) is 15.1. The number of hydrogen-bond donors (Lipinski definition) is 2. The minimum absolute atomic E-state index is 0.418. The van der Waals surface area contributed by atoms with Crippen LogP contribution in [-0.2, 0) is 32.2 Å². The van der Waals surface area contributed by atoms with E-state index in [1.807, 2.05) is 0 Å². The first-order valence-electron chi connectivity index (χ1n) is 8.27. The molecular formula is C20H25NO. The Morgan fingerprint density at radius 2 is 1.41 bits per heavy atom. The zero-order valence-corrected chi connectivity index (χ0v) is 13.5. The third-order valence-electron chi connectivity index (χ3n) is 4.54. The highest BCUT2D eigenvalue weighted by molar-refractivity contribution is 5.46. The summed E-state index contributed by atoms with van der Waals surface area (Å²) in [5.74, 6) is 0.501. The number of benzene rings is 2. The van der Waals surface area contributed by atoms with Gasteiger partial charge in [0.25, 0.3) is 0 Å². The molecule has 0 aromatic heterocycles. The van der Waals surface area contributed by atoms with Gasteiger partial charge in [0.2, 0.25) is 0 Å². The predicted octanol–water partition coefficient (Wildman–Crippen LogP) is 3.77.